The van der Waals surface area contributed by atoms with Gasteiger partial charge in [-0.25, -0.2) is 4.98 Å². The largest absolute Gasteiger partial charge is 0.397 e. The van der Waals surface area contributed by atoms with E-state index in [1.54, 1.807) is 12.3 Å². The first-order chi connectivity index (χ1) is 7.24. The summed E-state index contributed by atoms with van der Waals surface area (Å²) in [4.78, 5) is 4.13. The van der Waals surface area contributed by atoms with Gasteiger partial charge >= 0.3 is 0 Å². The van der Waals surface area contributed by atoms with E-state index in [0.29, 0.717) is 10.7 Å². The number of nitrogens with zero attached hydrogens (tertiary/aromatic N) is 1. The van der Waals surface area contributed by atoms with Gasteiger partial charge in [-0.2, -0.15) is 0 Å². The highest BCUT2D eigenvalue weighted by molar-refractivity contribution is 6.33. The van der Waals surface area contributed by atoms with E-state index in [9.17, 15) is 0 Å². The Morgan fingerprint density at radius 2 is 2.20 bits per heavy atom. The summed E-state index contributed by atoms with van der Waals surface area (Å²) in [5.74, 6) is 0.724. The number of nitrogen functional groups attached to an aromatic ring is 1. The van der Waals surface area contributed by atoms with Gasteiger partial charge in [0.15, 0.2) is 0 Å². The molecule has 3 N–H and O–H groups in total. The lowest BCUT2D eigenvalue weighted by Gasteiger charge is -2.07. The molecule has 0 bridgehead atoms. The van der Waals surface area contributed by atoms with Crippen molar-refractivity contribution in [1.29, 1.82) is 0 Å². The molecule has 1 heterocycles. The van der Waals surface area contributed by atoms with Crippen LogP contribution in [0.25, 0.3) is 0 Å². The predicted molar refractivity (Wildman–Crippen MR) is 66.3 cm³/mol. The second-order valence-electron chi connectivity index (χ2n) is 3.59. The molecule has 0 aromatic carbocycles. The van der Waals surface area contributed by atoms with Gasteiger partial charge in [0.25, 0.3) is 0 Å². The topological polar surface area (TPSA) is 50.9 Å². The van der Waals surface area contributed by atoms with E-state index in [1.165, 1.54) is 19.3 Å². The lowest BCUT2D eigenvalue weighted by molar-refractivity contribution is 0.684. The first-order valence-electron chi connectivity index (χ1n) is 5.39. The van der Waals surface area contributed by atoms with Crippen molar-refractivity contribution in [3.63, 3.8) is 0 Å². The van der Waals surface area contributed by atoms with Crippen LogP contribution in [0.4, 0.5) is 11.5 Å². The van der Waals surface area contributed by atoms with Crippen molar-refractivity contribution >= 4 is 23.1 Å². The summed E-state index contributed by atoms with van der Waals surface area (Å²) in [5, 5.41) is 3.79. The standard InChI is InChI=1S/C11H18ClN3/c1-2-3-4-5-6-14-11-10(12)7-9(13)8-15-11/h7-8H,2-6,13H2,1H3,(H,14,15). The van der Waals surface area contributed by atoms with Gasteiger partial charge in [-0.15, -0.1) is 0 Å². The van der Waals surface area contributed by atoms with Gasteiger partial charge in [0.05, 0.1) is 16.9 Å². The molecular weight excluding hydrogens is 210 g/mol. The van der Waals surface area contributed by atoms with Crippen molar-refractivity contribution in [3.05, 3.63) is 17.3 Å². The minimum Gasteiger partial charge on any atom is -0.397 e. The van der Waals surface area contributed by atoms with E-state index in [4.69, 9.17) is 17.3 Å². The van der Waals surface area contributed by atoms with E-state index in [2.05, 4.69) is 17.2 Å². The maximum Gasteiger partial charge on any atom is 0.144 e. The fourth-order valence-corrected chi connectivity index (χ4v) is 1.58. The van der Waals surface area contributed by atoms with Gasteiger partial charge in [0, 0.05) is 6.54 Å². The Kier molecular flexibility index (Phi) is 5.26. The average Bonchev–Trinajstić information content (AvgIpc) is 2.20. The predicted octanol–water partition coefficient (Wildman–Crippen LogP) is 3.31. The van der Waals surface area contributed by atoms with Gasteiger partial charge in [0.2, 0.25) is 0 Å². The number of hydrogen-bond acceptors (Lipinski definition) is 3. The third-order valence-corrected chi connectivity index (χ3v) is 2.47. The zero-order chi connectivity index (χ0) is 11.1. The van der Waals surface area contributed by atoms with Crippen molar-refractivity contribution < 1.29 is 0 Å². The summed E-state index contributed by atoms with van der Waals surface area (Å²) in [6.07, 6.45) is 6.54. The van der Waals surface area contributed by atoms with Crippen LogP contribution in [0, 0.1) is 0 Å². The number of rotatable bonds is 6. The van der Waals surface area contributed by atoms with Crippen molar-refractivity contribution in [3.8, 4) is 0 Å². The molecule has 1 aromatic rings. The lowest BCUT2D eigenvalue weighted by Crippen LogP contribution is -2.04. The van der Waals surface area contributed by atoms with Crippen molar-refractivity contribution in [1.82, 2.24) is 4.98 Å². The van der Waals surface area contributed by atoms with E-state index >= 15 is 0 Å². The fraction of sp³-hybridized carbons (Fsp3) is 0.545. The fourth-order valence-electron chi connectivity index (χ4n) is 1.34. The molecule has 1 rings (SSSR count). The highest BCUT2D eigenvalue weighted by Crippen LogP contribution is 2.20. The molecule has 0 saturated carbocycles. The Morgan fingerprint density at radius 3 is 2.87 bits per heavy atom. The van der Waals surface area contributed by atoms with E-state index in [0.717, 1.165) is 18.8 Å². The third-order valence-electron chi connectivity index (χ3n) is 2.19. The molecule has 0 aliphatic heterocycles. The van der Waals surface area contributed by atoms with Crippen LogP contribution < -0.4 is 11.1 Å². The first kappa shape index (κ1) is 12.1. The van der Waals surface area contributed by atoms with E-state index in [1.807, 2.05) is 0 Å². The number of aromatic nitrogens is 1. The first-order valence-corrected chi connectivity index (χ1v) is 5.76. The van der Waals surface area contributed by atoms with E-state index in [-0.39, 0.29) is 0 Å². The van der Waals surface area contributed by atoms with Gasteiger partial charge in [-0.1, -0.05) is 37.8 Å². The van der Waals surface area contributed by atoms with Gasteiger partial charge < -0.3 is 11.1 Å². The zero-order valence-electron chi connectivity index (χ0n) is 9.09. The van der Waals surface area contributed by atoms with Crippen LogP contribution in [-0.2, 0) is 0 Å². The molecule has 0 amide bonds. The Balaban J connectivity index is 2.31. The van der Waals surface area contributed by atoms with Crippen LogP contribution in [0.15, 0.2) is 12.3 Å². The molecule has 4 heteroatoms. The molecule has 84 valence electrons. The average molecular weight is 228 g/mol. The second-order valence-corrected chi connectivity index (χ2v) is 3.99. The molecule has 0 aliphatic carbocycles. The maximum absolute atomic E-state index is 5.96. The molecular formula is C11H18ClN3. The van der Waals surface area contributed by atoms with Gasteiger partial charge in [-0.05, 0) is 12.5 Å². The molecule has 0 aliphatic rings. The van der Waals surface area contributed by atoms with Crippen LogP contribution in [0.3, 0.4) is 0 Å². The van der Waals surface area contributed by atoms with Crippen LogP contribution >= 0.6 is 11.6 Å². The third kappa shape index (κ3) is 4.38. The molecule has 0 atom stereocenters. The molecule has 0 saturated heterocycles. The Morgan fingerprint density at radius 1 is 1.40 bits per heavy atom. The second kappa shape index (κ2) is 6.51. The molecule has 0 radical (unpaired) electrons. The van der Waals surface area contributed by atoms with Gasteiger partial charge in [-0.3, -0.25) is 0 Å². The summed E-state index contributed by atoms with van der Waals surface area (Å²) in [6, 6.07) is 1.71. The number of unbranched alkanes of at least 4 members (excludes halogenated alkanes) is 3. The maximum atomic E-state index is 5.96. The summed E-state index contributed by atoms with van der Waals surface area (Å²) >= 11 is 5.96. The van der Waals surface area contributed by atoms with Gasteiger partial charge in [0.1, 0.15) is 5.82 Å². The van der Waals surface area contributed by atoms with Crippen molar-refractivity contribution in [2.75, 3.05) is 17.6 Å². The van der Waals surface area contributed by atoms with Crippen molar-refractivity contribution in [2.24, 2.45) is 0 Å². The normalized spacial score (nSPS) is 10.3. The molecule has 3 nitrogen and oxygen atoms in total. The van der Waals surface area contributed by atoms with Crippen LogP contribution in [0.1, 0.15) is 32.6 Å². The number of halogens is 1. The molecule has 0 unspecified atom stereocenters. The molecule has 0 spiro atoms. The molecule has 1 aromatic heterocycles. The summed E-state index contributed by atoms with van der Waals surface area (Å²) in [5.41, 5.74) is 6.14. The van der Waals surface area contributed by atoms with Crippen LogP contribution in [0.2, 0.25) is 5.02 Å². The summed E-state index contributed by atoms with van der Waals surface area (Å²) in [7, 11) is 0. The van der Waals surface area contributed by atoms with Crippen LogP contribution in [0.5, 0.6) is 0 Å². The number of hydrogen-bond donors (Lipinski definition) is 2. The Labute approximate surface area is 96.0 Å². The Bertz CT molecular complexity index is 302. The quantitative estimate of drug-likeness (QED) is 0.734. The molecule has 0 fully saturated rings. The monoisotopic (exact) mass is 227 g/mol. The number of nitrogens with two attached hydrogens (primary N) is 1. The lowest BCUT2D eigenvalue weighted by atomic mass is 10.2. The highest BCUT2D eigenvalue weighted by Gasteiger charge is 2.00. The number of nitrogens with one attached hydrogen (secondary N) is 1. The minimum absolute atomic E-state index is 0.588. The summed E-state index contributed by atoms with van der Waals surface area (Å²) in [6.45, 7) is 3.11. The number of anilines is 2. The molecule has 15 heavy (non-hydrogen) atoms. The summed E-state index contributed by atoms with van der Waals surface area (Å²) < 4.78 is 0. The van der Waals surface area contributed by atoms with Crippen LogP contribution in [-0.4, -0.2) is 11.5 Å². The minimum atomic E-state index is 0.588. The smallest absolute Gasteiger partial charge is 0.144 e. The number of pyridine rings is 1. The van der Waals surface area contributed by atoms with E-state index < -0.39 is 0 Å². The SMILES string of the molecule is CCCCCCNc1ncc(N)cc1Cl. The van der Waals surface area contributed by atoms with Crippen molar-refractivity contribution in [2.45, 2.75) is 32.6 Å². The zero-order valence-corrected chi connectivity index (χ0v) is 9.85. The highest BCUT2D eigenvalue weighted by atomic mass is 35.5. The Hall–Kier alpha value is -0.960.